The normalized spacial score (nSPS) is 25.0. The summed E-state index contributed by atoms with van der Waals surface area (Å²) in [7, 11) is -4.35. The van der Waals surface area contributed by atoms with Gasteiger partial charge >= 0.3 is 13.7 Å². The number of hydrogen-bond donors (Lipinski definition) is 4. The van der Waals surface area contributed by atoms with Crippen LogP contribution in [0, 0.1) is 5.41 Å². The molecule has 5 N–H and O–H groups in total. The van der Waals surface area contributed by atoms with E-state index in [2.05, 4.69) is 20.0 Å². The van der Waals surface area contributed by atoms with Crippen molar-refractivity contribution in [3.63, 3.8) is 0 Å². The number of esters is 1. The van der Waals surface area contributed by atoms with Crippen LogP contribution < -0.4 is 16.4 Å². The first-order valence-electron chi connectivity index (χ1n) is 12.8. The molecule has 0 unspecified atom stereocenters. The van der Waals surface area contributed by atoms with E-state index in [1.165, 1.54) is 6.92 Å². The minimum atomic E-state index is -4.35. The highest BCUT2D eigenvalue weighted by molar-refractivity contribution is 8.13. The molecule has 1 fully saturated rings. The predicted molar refractivity (Wildman–Crippen MR) is 152 cm³/mol. The third-order valence-corrected chi connectivity index (χ3v) is 9.11. The summed E-state index contributed by atoms with van der Waals surface area (Å²) in [5.74, 6) is -0.911. The summed E-state index contributed by atoms with van der Waals surface area (Å²) < 4.78 is 51.9. The third kappa shape index (κ3) is 8.08. The predicted octanol–water partition coefficient (Wildman–Crippen LogP) is 2.24. The van der Waals surface area contributed by atoms with E-state index in [9.17, 15) is 24.1 Å². The number of carbonyl (C=O) groups excluding carboxylic acids is 2. The zero-order chi connectivity index (χ0) is 31.6. The van der Waals surface area contributed by atoms with Crippen LogP contribution in [-0.2, 0) is 32.7 Å². The van der Waals surface area contributed by atoms with Gasteiger partial charge in [-0.2, -0.15) is 4.98 Å². The van der Waals surface area contributed by atoms with Crippen LogP contribution in [0.1, 0.15) is 47.8 Å². The van der Waals surface area contributed by atoms with Gasteiger partial charge in [-0.3, -0.25) is 33.0 Å². The number of aromatic amines is 1. The summed E-state index contributed by atoms with van der Waals surface area (Å²) in [4.78, 5) is 46.7. The van der Waals surface area contributed by atoms with Crippen LogP contribution in [0.4, 0.5) is 10.3 Å². The smallest absolute Gasteiger partial charge is 0.406 e. The van der Waals surface area contributed by atoms with Gasteiger partial charge in [-0.25, -0.2) is 19.0 Å². The highest BCUT2D eigenvalue weighted by Crippen LogP contribution is 2.49. The number of anilines is 1. The Balaban J connectivity index is 1.77. The number of aromatic nitrogens is 4. The molecule has 2 aromatic rings. The Labute approximate surface area is 249 Å². The van der Waals surface area contributed by atoms with Crippen molar-refractivity contribution < 1.29 is 42.2 Å². The fourth-order valence-electron chi connectivity index (χ4n) is 3.64. The molecule has 1 saturated heterocycles. The Morgan fingerprint density at radius 3 is 2.67 bits per heavy atom. The van der Waals surface area contributed by atoms with E-state index in [1.807, 2.05) is 0 Å². The molecule has 3 heterocycles. The number of thioether (sulfide) groups is 1. The monoisotopic (exact) mass is 656 g/mol. The van der Waals surface area contributed by atoms with Gasteiger partial charge in [0.05, 0.1) is 25.6 Å². The molecule has 0 radical (unpaired) electrons. The number of aliphatic hydroxyl groups excluding tert-OH is 1. The molecule has 15 nitrogen and oxygen atoms in total. The van der Waals surface area contributed by atoms with Crippen LogP contribution in [0.3, 0.4) is 0 Å². The van der Waals surface area contributed by atoms with Crippen molar-refractivity contribution in [2.24, 2.45) is 5.41 Å². The number of alkyl halides is 2. The molecule has 0 spiro atoms. The van der Waals surface area contributed by atoms with E-state index in [1.54, 1.807) is 34.6 Å². The molecule has 42 heavy (non-hydrogen) atoms. The first kappa shape index (κ1) is 34.4. The van der Waals surface area contributed by atoms with Gasteiger partial charge in [-0.05, 0) is 20.8 Å². The molecule has 1 aliphatic rings. The van der Waals surface area contributed by atoms with E-state index in [4.69, 9.17) is 35.9 Å². The molecule has 0 aromatic carbocycles. The molecular weight excluding hydrogens is 622 g/mol. The van der Waals surface area contributed by atoms with Gasteiger partial charge in [0.1, 0.15) is 18.2 Å². The van der Waals surface area contributed by atoms with Crippen LogP contribution in [0.5, 0.6) is 0 Å². The van der Waals surface area contributed by atoms with Crippen LogP contribution in [-0.4, -0.2) is 84.2 Å². The number of hydrogen-bond acceptors (Lipinski definition) is 13. The van der Waals surface area contributed by atoms with E-state index in [0.29, 0.717) is 0 Å². The molecule has 236 valence electrons. The number of nitrogens with zero attached hydrogens (tertiary/aromatic N) is 3. The summed E-state index contributed by atoms with van der Waals surface area (Å²) in [5, 5.41) is 10.0. The van der Waals surface area contributed by atoms with E-state index < -0.39 is 67.0 Å². The van der Waals surface area contributed by atoms with Crippen molar-refractivity contribution in [1.82, 2.24) is 24.6 Å². The molecule has 0 saturated carbocycles. The topological polar surface area (TPSA) is 210 Å². The summed E-state index contributed by atoms with van der Waals surface area (Å²) in [6.07, 6.45) is -4.71. The molecule has 3 rings (SSSR count). The number of aliphatic hydroxyl groups is 1. The summed E-state index contributed by atoms with van der Waals surface area (Å²) >= 11 is 7.00. The summed E-state index contributed by atoms with van der Waals surface area (Å²) in [6.45, 7) is 8.93. The first-order chi connectivity index (χ1) is 19.4. The van der Waals surface area contributed by atoms with Crippen molar-refractivity contribution in [1.29, 1.82) is 0 Å². The molecule has 0 bridgehead atoms. The zero-order valence-corrected chi connectivity index (χ0v) is 26.3. The lowest BCUT2D eigenvalue weighted by atomic mass is 10.00. The second-order valence-electron chi connectivity index (χ2n) is 10.8. The number of fused-ring (bicyclic) bond motifs is 1. The van der Waals surface area contributed by atoms with E-state index in [0.717, 1.165) is 22.7 Å². The van der Waals surface area contributed by atoms with Crippen molar-refractivity contribution >= 4 is 59.3 Å². The van der Waals surface area contributed by atoms with Crippen molar-refractivity contribution in [3.05, 3.63) is 16.7 Å². The SMILES string of the molecule is CC(C)OC(=O)[C@H](C)N[P@@](=O)(OCCSC(=O)C(C)(C)C)OC[C@H]1O[C@@H](n2cnc3c(=O)[nH]c(N)nc32)[C@@](F)(Cl)[C@@H]1O. The maximum Gasteiger partial charge on any atom is 0.406 e. The number of nitrogens with two attached hydrogens (primary N) is 1. The van der Waals surface area contributed by atoms with Gasteiger partial charge in [0.25, 0.3) is 10.7 Å². The molecule has 19 heteroatoms. The highest BCUT2D eigenvalue weighted by atomic mass is 35.5. The van der Waals surface area contributed by atoms with Gasteiger partial charge in [0.15, 0.2) is 22.5 Å². The molecule has 6 atom stereocenters. The van der Waals surface area contributed by atoms with Crippen molar-refractivity contribution in [2.45, 2.75) is 77.3 Å². The average Bonchev–Trinajstić information content (AvgIpc) is 3.37. The Morgan fingerprint density at radius 1 is 1.38 bits per heavy atom. The van der Waals surface area contributed by atoms with Crippen molar-refractivity contribution in [3.8, 4) is 0 Å². The number of imidazole rings is 1. The zero-order valence-electron chi connectivity index (χ0n) is 23.8. The van der Waals surface area contributed by atoms with Gasteiger partial charge < -0.3 is 20.3 Å². The fraction of sp³-hybridized carbons (Fsp3) is 0.696. The number of H-pyrrole nitrogens is 1. The average molecular weight is 657 g/mol. The molecule has 0 amide bonds. The maximum absolute atomic E-state index is 15.6. The number of nitrogen functional groups attached to an aromatic ring is 1. The lowest BCUT2D eigenvalue weighted by molar-refractivity contribution is -0.149. The van der Waals surface area contributed by atoms with Crippen molar-refractivity contribution in [2.75, 3.05) is 24.7 Å². The molecule has 2 aromatic heterocycles. The Kier molecular flexibility index (Phi) is 10.9. The van der Waals surface area contributed by atoms with E-state index >= 15 is 4.39 Å². The van der Waals surface area contributed by atoms with Crippen LogP contribution in [0.25, 0.3) is 11.2 Å². The largest absolute Gasteiger partial charge is 0.462 e. The molecule has 1 aliphatic heterocycles. The van der Waals surface area contributed by atoms with Gasteiger partial charge in [-0.15, -0.1) is 0 Å². The Hall–Kier alpha value is -2.11. The quantitative estimate of drug-likeness (QED) is 0.112. The summed E-state index contributed by atoms with van der Waals surface area (Å²) in [6, 6.07) is -1.16. The van der Waals surface area contributed by atoms with E-state index in [-0.39, 0.29) is 34.6 Å². The Bertz CT molecular complexity index is 1400. The van der Waals surface area contributed by atoms with Crippen LogP contribution >= 0.6 is 31.1 Å². The third-order valence-electron chi connectivity index (χ3n) is 5.74. The summed E-state index contributed by atoms with van der Waals surface area (Å²) in [5.41, 5.74) is 3.96. The maximum atomic E-state index is 15.6. The molecule has 0 aliphatic carbocycles. The van der Waals surface area contributed by atoms with Gasteiger partial charge in [-0.1, -0.05) is 44.1 Å². The second-order valence-corrected chi connectivity index (χ2v) is 14.2. The number of rotatable bonds is 12. The minimum Gasteiger partial charge on any atom is -0.462 e. The Morgan fingerprint density at radius 2 is 2.05 bits per heavy atom. The fourth-order valence-corrected chi connectivity index (χ4v) is 6.32. The number of halogens is 2. The standard InChI is InChI=1S/C23H35ClFN6O9PS/c1-11(2)39-18(34)12(3)30-41(36,37-7-8-42-20(35)22(4,5)6)38-9-13-15(32)23(24,25)19(40-13)31-10-27-14-16(31)28-21(26)29-17(14)33/h10-13,15,19,32H,7-9H2,1-6H3,(H,30,36)(H3,26,28,29,33)/t12-,13+,15+,19+,23+,41+/m0/s1. The lowest BCUT2D eigenvalue weighted by Gasteiger charge is -2.25. The number of ether oxygens (including phenoxy) is 2. The number of carbonyl (C=O) groups is 2. The lowest BCUT2D eigenvalue weighted by Crippen LogP contribution is -2.39. The second kappa shape index (κ2) is 13.3. The molecular formula is C23H35ClFN6O9PS. The first-order valence-corrected chi connectivity index (χ1v) is 15.7. The van der Waals surface area contributed by atoms with Gasteiger partial charge in [0.2, 0.25) is 5.95 Å². The minimum absolute atomic E-state index is 0.110. The van der Waals surface area contributed by atoms with Crippen LogP contribution in [0.2, 0.25) is 0 Å². The van der Waals surface area contributed by atoms with Crippen LogP contribution in [0.15, 0.2) is 11.1 Å². The van der Waals surface area contributed by atoms with Gasteiger partial charge in [0, 0.05) is 11.2 Å². The highest BCUT2D eigenvalue weighted by Gasteiger charge is 2.58. The number of nitrogens with one attached hydrogen (secondary N) is 2.